The van der Waals surface area contributed by atoms with Gasteiger partial charge < -0.3 is 14.8 Å². The largest absolute Gasteiger partial charge is 0.495 e. The van der Waals surface area contributed by atoms with E-state index in [-0.39, 0.29) is 24.8 Å². The molecule has 1 fully saturated rings. The molecule has 0 radical (unpaired) electrons. The molecule has 2 amide bonds. The van der Waals surface area contributed by atoms with E-state index in [1.54, 1.807) is 42.5 Å². The molecule has 4 aromatic rings. The highest BCUT2D eigenvalue weighted by atomic mass is 19.1. The molecule has 0 spiro atoms. The first-order valence-electron chi connectivity index (χ1n) is 12.4. The van der Waals surface area contributed by atoms with Gasteiger partial charge in [0.1, 0.15) is 29.7 Å². The molecule has 0 bridgehead atoms. The van der Waals surface area contributed by atoms with Gasteiger partial charge in [-0.1, -0.05) is 47.7 Å². The summed E-state index contributed by atoms with van der Waals surface area (Å²) >= 11 is 0. The zero-order valence-electron chi connectivity index (χ0n) is 20.9. The van der Waals surface area contributed by atoms with E-state index >= 15 is 4.39 Å². The highest BCUT2D eigenvalue weighted by molar-refractivity contribution is 6.02. The fraction of sp³-hybridized carbons (Fsp3) is 0.286. The molecular weight excluding hydrogens is 489 g/mol. The smallest absolute Gasteiger partial charge is 0.249 e. The molecule has 0 saturated carbocycles. The van der Waals surface area contributed by atoms with Gasteiger partial charge in [-0.15, -0.1) is 5.10 Å². The number of nitrogens with zero attached hydrogens (tertiary/aromatic N) is 4. The van der Waals surface area contributed by atoms with Crippen LogP contribution in [0.3, 0.4) is 0 Å². The number of rotatable bonds is 9. The minimum absolute atomic E-state index is 0.0556. The fourth-order valence-electron chi connectivity index (χ4n) is 4.70. The van der Waals surface area contributed by atoms with Crippen molar-refractivity contribution in [2.75, 3.05) is 25.2 Å². The first-order valence-corrected chi connectivity index (χ1v) is 12.4. The second-order valence-electron chi connectivity index (χ2n) is 8.98. The van der Waals surface area contributed by atoms with E-state index in [9.17, 15) is 9.59 Å². The monoisotopic (exact) mass is 517 g/mol. The van der Waals surface area contributed by atoms with E-state index in [2.05, 4.69) is 15.6 Å². The summed E-state index contributed by atoms with van der Waals surface area (Å²) in [6.07, 6.45) is 1.60. The lowest BCUT2D eigenvalue weighted by molar-refractivity contribution is -0.127. The fourth-order valence-corrected chi connectivity index (χ4v) is 4.70. The average Bonchev–Trinajstić information content (AvgIpc) is 3.61. The Morgan fingerprint density at radius 3 is 2.68 bits per heavy atom. The van der Waals surface area contributed by atoms with Crippen LogP contribution in [0.15, 0.2) is 72.8 Å². The molecule has 1 aliphatic heterocycles. The maximum absolute atomic E-state index is 15.2. The van der Waals surface area contributed by atoms with Gasteiger partial charge in [-0.05, 0) is 43.2 Å². The summed E-state index contributed by atoms with van der Waals surface area (Å²) in [5.74, 6) is -1.28. The maximum atomic E-state index is 15.2. The van der Waals surface area contributed by atoms with E-state index < -0.39 is 23.7 Å². The number of benzene rings is 3. The van der Waals surface area contributed by atoms with Crippen molar-refractivity contribution in [3.05, 3.63) is 84.2 Å². The predicted molar refractivity (Wildman–Crippen MR) is 139 cm³/mol. The number of halogens is 1. The summed E-state index contributed by atoms with van der Waals surface area (Å²) in [7, 11) is 1.47. The van der Waals surface area contributed by atoms with Gasteiger partial charge in [0.15, 0.2) is 0 Å². The van der Waals surface area contributed by atoms with Crippen molar-refractivity contribution >= 4 is 28.5 Å². The molecule has 1 N–H and O–H groups in total. The molecule has 3 aromatic carbocycles. The summed E-state index contributed by atoms with van der Waals surface area (Å²) < 4.78 is 27.9. The zero-order chi connectivity index (χ0) is 26.5. The SMILES string of the molecule is COc1ccccc1N(C(=O)Cn1nnc2ccccc21)[C@@H](C(=O)NC[C@@H]1CCCO1)c1ccccc1F. The van der Waals surface area contributed by atoms with Gasteiger partial charge in [0.05, 0.1) is 24.4 Å². The van der Waals surface area contributed by atoms with Crippen molar-refractivity contribution in [1.29, 1.82) is 0 Å². The zero-order valence-corrected chi connectivity index (χ0v) is 20.9. The maximum Gasteiger partial charge on any atom is 0.249 e. The molecule has 1 aliphatic rings. The van der Waals surface area contributed by atoms with Crippen molar-refractivity contribution in [2.24, 2.45) is 0 Å². The van der Waals surface area contributed by atoms with Crippen molar-refractivity contribution in [2.45, 2.75) is 31.5 Å². The normalized spacial score (nSPS) is 15.8. The highest BCUT2D eigenvalue weighted by Crippen LogP contribution is 2.36. The minimum Gasteiger partial charge on any atom is -0.495 e. The molecule has 10 heteroatoms. The van der Waals surface area contributed by atoms with E-state index in [0.29, 0.717) is 29.1 Å². The van der Waals surface area contributed by atoms with Crippen LogP contribution < -0.4 is 15.0 Å². The topological polar surface area (TPSA) is 98.6 Å². The van der Waals surface area contributed by atoms with E-state index in [4.69, 9.17) is 9.47 Å². The Labute approximate surface area is 219 Å². The molecule has 1 aromatic heterocycles. The average molecular weight is 518 g/mol. The number of ether oxygens (including phenoxy) is 2. The van der Waals surface area contributed by atoms with E-state index in [0.717, 1.165) is 12.8 Å². The number of fused-ring (bicyclic) bond motifs is 1. The second-order valence-corrected chi connectivity index (χ2v) is 8.98. The number of carbonyl (C=O) groups is 2. The van der Waals surface area contributed by atoms with Gasteiger partial charge in [-0.3, -0.25) is 14.5 Å². The highest BCUT2D eigenvalue weighted by Gasteiger charge is 2.36. The van der Waals surface area contributed by atoms with Crippen LogP contribution in [0.25, 0.3) is 11.0 Å². The third-order valence-corrected chi connectivity index (χ3v) is 6.55. The quantitative estimate of drug-likeness (QED) is 0.364. The number of para-hydroxylation sites is 3. The Bertz CT molecular complexity index is 1440. The van der Waals surface area contributed by atoms with Gasteiger partial charge in [0.2, 0.25) is 11.8 Å². The summed E-state index contributed by atoms with van der Waals surface area (Å²) in [6, 6.07) is 18.7. The van der Waals surface area contributed by atoms with Crippen LogP contribution in [-0.4, -0.2) is 53.2 Å². The second kappa shape index (κ2) is 11.4. The number of anilines is 1. The number of hydrogen-bond donors (Lipinski definition) is 1. The Morgan fingerprint density at radius 1 is 1.13 bits per heavy atom. The molecule has 5 rings (SSSR count). The van der Waals surface area contributed by atoms with Gasteiger partial charge in [0, 0.05) is 18.7 Å². The number of hydrogen-bond acceptors (Lipinski definition) is 6. The molecular formula is C28H28FN5O4. The third-order valence-electron chi connectivity index (χ3n) is 6.55. The molecule has 1 saturated heterocycles. The molecule has 2 atom stereocenters. The Kier molecular flexibility index (Phi) is 7.60. The lowest BCUT2D eigenvalue weighted by Crippen LogP contribution is -2.47. The van der Waals surface area contributed by atoms with Crippen LogP contribution in [0.2, 0.25) is 0 Å². The molecule has 2 heterocycles. The van der Waals surface area contributed by atoms with Gasteiger partial charge in [-0.2, -0.15) is 0 Å². The standard InChI is InChI=1S/C28H28FN5O4/c1-37-25-15-7-6-14-24(25)34(26(35)18-33-23-13-5-4-12-22(23)31-32-33)27(20-10-2-3-11-21(20)29)28(36)30-17-19-9-8-16-38-19/h2-7,10-15,19,27H,8-9,16-18H2,1H3,(H,30,36)/t19-,27+/m0/s1. The van der Waals surface area contributed by atoms with Crippen molar-refractivity contribution in [3.63, 3.8) is 0 Å². The van der Waals surface area contributed by atoms with Crippen molar-refractivity contribution < 1.29 is 23.5 Å². The Hall–Kier alpha value is -4.31. The lowest BCUT2D eigenvalue weighted by atomic mass is 10.0. The van der Waals surface area contributed by atoms with Gasteiger partial charge in [0.25, 0.3) is 0 Å². The number of amides is 2. The summed E-state index contributed by atoms with van der Waals surface area (Å²) in [6.45, 7) is 0.656. The molecule has 38 heavy (non-hydrogen) atoms. The predicted octanol–water partition coefficient (Wildman–Crippen LogP) is 3.65. The summed E-state index contributed by atoms with van der Waals surface area (Å²) in [5, 5.41) is 11.1. The minimum atomic E-state index is -1.32. The van der Waals surface area contributed by atoms with Crippen LogP contribution in [0.4, 0.5) is 10.1 Å². The van der Waals surface area contributed by atoms with Crippen molar-refractivity contribution in [1.82, 2.24) is 20.3 Å². The number of carbonyl (C=O) groups excluding carboxylic acids is 2. The van der Waals surface area contributed by atoms with Crippen LogP contribution in [0, 0.1) is 5.82 Å². The van der Waals surface area contributed by atoms with Crippen LogP contribution in [0.5, 0.6) is 5.75 Å². The lowest BCUT2D eigenvalue weighted by Gasteiger charge is -2.32. The number of methoxy groups -OCH3 is 1. The molecule has 9 nitrogen and oxygen atoms in total. The number of nitrogens with one attached hydrogen (secondary N) is 1. The Morgan fingerprint density at radius 2 is 1.89 bits per heavy atom. The number of aromatic nitrogens is 3. The van der Waals surface area contributed by atoms with Crippen molar-refractivity contribution in [3.8, 4) is 5.75 Å². The summed E-state index contributed by atoms with van der Waals surface area (Å²) in [4.78, 5) is 29.1. The van der Waals surface area contributed by atoms with Crippen LogP contribution >= 0.6 is 0 Å². The van der Waals surface area contributed by atoms with Crippen LogP contribution in [0.1, 0.15) is 24.4 Å². The van der Waals surface area contributed by atoms with Gasteiger partial charge >= 0.3 is 0 Å². The van der Waals surface area contributed by atoms with E-state index in [1.165, 1.54) is 34.9 Å². The molecule has 0 aliphatic carbocycles. The Balaban J connectivity index is 1.58. The van der Waals surface area contributed by atoms with E-state index in [1.807, 2.05) is 12.1 Å². The molecule has 0 unspecified atom stereocenters. The first kappa shape index (κ1) is 25.3. The van der Waals surface area contributed by atoms with Crippen LogP contribution in [-0.2, 0) is 20.9 Å². The first-order chi connectivity index (χ1) is 18.6. The summed E-state index contributed by atoms with van der Waals surface area (Å²) in [5.41, 5.74) is 1.67. The third kappa shape index (κ3) is 5.21. The van der Waals surface area contributed by atoms with Gasteiger partial charge in [-0.25, -0.2) is 9.07 Å². The molecule has 196 valence electrons.